The maximum Gasteiger partial charge on any atom is 0.393 e. The van der Waals surface area contributed by atoms with Crippen LogP contribution in [0.5, 0.6) is 0 Å². The molecule has 1 N–H and O–H groups in total. The molecule has 0 aliphatic rings. The third kappa shape index (κ3) is 3.96. The number of hydrogen-bond acceptors (Lipinski definition) is 1. The molecule has 19 heteroatoms. The SMILES string of the molecule is CCCNC(=O)C(F)(F)C(F)(F)C(F)(F)C(F)(F)C(F)(F)C(F)(F)C(F)(F)C(F)(F)Cl. The first-order chi connectivity index (χ1) is 13.2. The topological polar surface area (TPSA) is 29.1 Å². The van der Waals surface area contributed by atoms with E-state index >= 15 is 0 Å². The zero-order valence-electron chi connectivity index (χ0n) is 14.2. The second kappa shape index (κ2) is 7.90. The van der Waals surface area contributed by atoms with Gasteiger partial charge in [-0.2, -0.15) is 70.2 Å². The van der Waals surface area contributed by atoms with Gasteiger partial charge in [-0.1, -0.05) is 6.92 Å². The molecule has 31 heavy (non-hydrogen) atoms. The predicted octanol–water partition coefficient (Wildman–Crippen LogP) is 5.79. The first kappa shape index (κ1) is 29.6. The molecule has 0 aliphatic carbocycles. The number of carbonyl (C=O) groups excluding carboxylic acids is 1. The van der Waals surface area contributed by atoms with Crippen molar-refractivity contribution >= 4 is 17.5 Å². The number of carbonyl (C=O) groups is 1. The molecule has 0 saturated carbocycles. The Labute approximate surface area is 165 Å². The van der Waals surface area contributed by atoms with E-state index in [-0.39, 0.29) is 6.42 Å². The molecule has 0 spiro atoms. The quantitative estimate of drug-likeness (QED) is 0.286. The predicted molar refractivity (Wildman–Crippen MR) is 68.7 cm³/mol. The Kier molecular flexibility index (Phi) is 7.55. The summed E-state index contributed by atoms with van der Waals surface area (Å²) < 4.78 is 210. The monoisotopic (exact) mass is 521 g/mol. The molecule has 0 fully saturated rings. The number of hydrogen-bond donors (Lipinski definition) is 1. The molecule has 0 atom stereocenters. The molecule has 0 saturated heterocycles. The van der Waals surface area contributed by atoms with Crippen LogP contribution in [-0.4, -0.2) is 59.3 Å². The van der Waals surface area contributed by atoms with E-state index in [1.54, 1.807) is 0 Å². The molecular weight excluding hydrogens is 514 g/mol. The number of amides is 1. The number of halogens is 17. The molecule has 0 bridgehead atoms. The van der Waals surface area contributed by atoms with Gasteiger partial charge >= 0.3 is 46.8 Å². The number of rotatable bonds is 10. The summed E-state index contributed by atoms with van der Waals surface area (Å²) in [4.78, 5) is 10.9. The molecule has 0 aromatic rings. The molecule has 0 unspecified atom stereocenters. The Morgan fingerprint density at radius 1 is 0.613 bits per heavy atom. The lowest BCUT2D eigenvalue weighted by molar-refractivity contribution is -0.446. The first-order valence-electron chi connectivity index (χ1n) is 7.23. The molecule has 0 heterocycles. The van der Waals surface area contributed by atoms with Crippen molar-refractivity contribution in [2.75, 3.05) is 6.54 Å². The molecule has 0 rings (SSSR count). The average molecular weight is 522 g/mol. The zero-order chi connectivity index (χ0) is 25.7. The van der Waals surface area contributed by atoms with Gasteiger partial charge in [0.05, 0.1) is 0 Å². The Bertz CT molecular complexity index is 670. The largest absolute Gasteiger partial charge is 0.393 e. The molecule has 186 valence electrons. The van der Waals surface area contributed by atoms with Gasteiger partial charge in [0, 0.05) is 6.54 Å². The van der Waals surface area contributed by atoms with Gasteiger partial charge in [-0.15, -0.1) is 0 Å². The fourth-order valence-electron chi connectivity index (χ4n) is 1.66. The van der Waals surface area contributed by atoms with Gasteiger partial charge in [0.1, 0.15) is 0 Å². The lowest BCUT2D eigenvalue weighted by Crippen LogP contribution is -2.75. The van der Waals surface area contributed by atoms with Crippen molar-refractivity contribution in [2.24, 2.45) is 0 Å². The molecule has 0 aromatic carbocycles. The summed E-state index contributed by atoms with van der Waals surface area (Å²) in [6.07, 6.45) is -0.341. The van der Waals surface area contributed by atoms with Crippen molar-refractivity contribution in [3.8, 4) is 0 Å². The van der Waals surface area contributed by atoms with Gasteiger partial charge in [0.15, 0.2) is 0 Å². The maximum absolute atomic E-state index is 13.4. The van der Waals surface area contributed by atoms with Crippen molar-refractivity contribution in [3.63, 3.8) is 0 Å². The Hall–Kier alpha value is -1.36. The Morgan fingerprint density at radius 2 is 0.903 bits per heavy atom. The fourth-order valence-corrected chi connectivity index (χ4v) is 1.77. The van der Waals surface area contributed by atoms with Crippen molar-refractivity contribution in [1.29, 1.82) is 0 Å². The molecule has 2 nitrogen and oxygen atoms in total. The van der Waals surface area contributed by atoms with Crippen LogP contribution in [-0.2, 0) is 4.79 Å². The lowest BCUT2D eigenvalue weighted by Gasteiger charge is -2.42. The zero-order valence-corrected chi connectivity index (χ0v) is 15.0. The second-order valence-corrected chi connectivity index (χ2v) is 6.25. The van der Waals surface area contributed by atoms with Gasteiger partial charge in [0.25, 0.3) is 5.91 Å². The van der Waals surface area contributed by atoms with Crippen LogP contribution in [0.15, 0.2) is 0 Å². The third-order valence-electron chi connectivity index (χ3n) is 3.54. The van der Waals surface area contributed by atoms with E-state index in [0.29, 0.717) is 0 Å². The maximum atomic E-state index is 13.4. The van der Waals surface area contributed by atoms with Crippen LogP contribution < -0.4 is 5.32 Å². The van der Waals surface area contributed by atoms with Crippen molar-refractivity contribution in [2.45, 2.75) is 60.2 Å². The van der Waals surface area contributed by atoms with E-state index in [4.69, 9.17) is 0 Å². The fraction of sp³-hybridized carbons (Fsp3) is 0.917. The minimum atomic E-state index is -8.58. The van der Waals surface area contributed by atoms with Gasteiger partial charge in [-0.25, -0.2) is 0 Å². The van der Waals surface area contributed by atoms with Crippen molar-refractivity contribution in [3.05, 3.63) is 0 Å². The van der Waals surface area contributed by atoms with Crippen LogP contribution in [0.25, 0.3) is 0 Å². The van der Waals surface area contributed by atoms with E-state index in [0.717, 1.165) is 12.2 Å². The smallest absolute Gasteiger partial charge is 0.351 e. The molecular formula is C12H8ClF16NO. The average Bonchev–Trinajstić information content (AvgIpc) is 2.57. The second-order valence-electron chi connectivity index (χ2n) is 5.77. The van der Waals surface area contributed by atoms with Crippen LogP contribution >= 0.6 is 11.6 Å². The highest BCUT2D eigenvalue weighted by Gasteiger charge is 2.95. The standard InChI is InChI=1S/C12H8ClF16NO/c1-2-3-30-4(31)5(14,15)6(16,17)7(18,19)8(20,21)9(22,23)10(24,25)11(26,27)12(13,28)29/h2-3H2,1H3,(H,30,31). The van der Waals surface area contributed by atoms with Crippen LogP contribution in [0, 0.1) is 0 Å². The van der Waals surface area contributed by atoms with Gasteiger partial charge in [0.2, 0.25) is 0 Å². The van der Waals surface area contributed by atoms with E-state index in [9.17, 15) is 75.0 Å². The van der Waals surface area contributed by atoms with Gasteiger partial charge in [-0.3, -0.25) is 4.79 Å². The molecule has 1 amide bonds. The van der Waals surface area contributed by atoms with E-state index < -0.39 is 59.3 Å². The van der Waals surface area contributed by atoms with Crippen LogP contribution in [0.2, 0.25) is 0 Å². The summed E-state index contributed by atoms with van der Waals surface area (Å²) in [5.41, 5.74) is 0. The Morgan fingerprint density at radius 3 is 1.19 bits per heavy atom. The summed E-state index contributed by atoms with van der Waals surface area (Å²) in [5, 5.41) is -6.04. The summed E-state index contributed by atoms with van der Waals surface area (Å²) in [7, 11) is 0. The number of alkyl halides is 17. The highest BCUT2D eigenvalue weighted by Crippen LogP contribution is 2.64. The molecule has 0 aliphatic heterocycles. The van der Waals surface area contributed by atoms with Gasteiger partial charge < -0.3 is 5.32 Å². The van der Waals surface area contributed by atoms with Gasteiger partial charge in [-0.05, 0) is 18.0 Å². The van der Waals surface area contributed by atoms with Crippen molar-refractivity contribution < 1.29 is 75.0 Å². The minimum Gasteiger partial charge on any atom is -0.351 e. The lowest BCUT2D eigenvalue weighted by atomic mass is 9.89. The van der Waals surface area contributed by atoms with Crippen LogP contribution in [0.3, 0.4) is 0 Å². The first-order valence-corrected chi connectivity index (χ1v) is 7.61. The highest BCUT2D eigenvalue weighted by atomic mass is 35.5. The normalized spacial score (nSPS) is 15.8. The molecule has 0 aromatic heterocycles. The highest BCUT2D eigenvalue weighted by molar-refractivity contribution is 6.22. The summed E-state index contributed by atoms with van der Waals surface area (Å²) >= 11 is 3.38. The third-order valence-corrected chi connectivity index (χ3v) is 3.78. The molecule has 0 radical (unpaired) electrons. The summed E-state index contributed by atoms with van der Waals surface area (Å²) in [5.74, 6) is -60.0. The number of nitrogens with one attached hydrogen (secondary N) is 1. The Balaban J connectivity index is 6.66. The van der Waals surface area contributed by atoms with Crippen molar-refractivity contribution in [1.82, 2.24) is 5.32 Å². The van der Waals surface area contributed by atoms with E-state index in [1.807, 2.05) is 0 Å². The summed E-state index contributed by atoms with van der Waals surface area (Å²) in [6, 6.07) is 0. The van der Waals surface area contributed by atoms with E-state index in [2.05, 4.69) is 11.6 Å². The minimum absolute atomic E-state index is 0.341. The van der Waals surface area contributed by atoms with Crippen LogP contribution in [0.4, 0.5) is 70.2 Å². The summed E-state index contributed by atoms with van der Waals surface area (Å²) in [6.45, 7) is 0.104. The van der Waals surface area contributed by atoms with Crippen LogP contribution in [0.1, 0.15) is 13.3 Å². The van der Waals surface area contributed by atoms with E-state index in [1.165, 1.54) is 0 Å².